The lowest BCUT2D eigenvalue weighted by Crippen LogP contribution is -2.22. The number of ether oxygens (including phenoxy) is 3. The normalized spacial score (nSPS) is 14.0. The Hall–Kier alpha value is -0.610. The van der Waals surface area contributed by atoms with Crippen molar-refractivity contribution in [1.82, 2.24) is 0 Å². The van der Waals surface area contributed by atoms with Crippen LogP contribution in [0.25, 0.3) is 0 Å². The monoisotopic (exact) mass is 288 g/mol. The molecule has 0 fully saturated rings. The molecule has 0 saturated heterocycles. The third-order valence-electron chi connectivity index (χ3n) is 3.13. The Morgan fingerprint density at radius 3 is 2.30 bits per heavy atom. The van der Waals surface area contributed by atoms with Gasteiger partial charge in [0, 0.05) is 13.0 Å². The minimum atomic E-state index is -0.172. The number of hydrogen-bond acceptors (Lipinski definition) is 4. The predicted molar refractivity (Wildman–Crippen MR) is 80.6 cm³/mol. The van der Waals surface area contributed by atoms with Gasteiger partial charge in [0.25, 0.3) is 0 Å². The van der Waals surface area contributed by atoms with Crippen molar-refractivity contribution in [2.24, 2.45) is 0 Å². The third-order valence-corrected chi connectivity index (χ3v) is 3.13. The van der Waals surface area contributed by atoms with E-state index in [2.05, 4.69) is 6.92 Å². The van der Waals surface area contributed by atoms with Crippen molar-refractivity contribution >= 4 is 5.97 Å². The Labute approximate surface area is 124 Å². The van der Waals surface area contributed by atoms with Crippen LogP contribution in [0.1, 0.15) is 72.6 Å². The van der Waals surface area contributed by atoms with Crippen LogP contribution in [0.5, 0.6) is 0 Å². The van der Waals surface area contributed by atoms with Gasteiger partial charge in [-0.2, -0.15) is 0 Å². The Balaban J connectivity index is 3.99. The second-order valence-corrected chi connectivity index (χ2v) is 4.97. The molecule has 0 aliphatic heterocycles. The van der Waals surface area contributed by atoms with Gasteiger partial charge in [0.2, 0.25) is 0 Å². The van der Waals surface area contributed by atoms with Crippen molar-refractivity contribution in [2.75, 3.05) is 13.2 Å². The molecule has 0 aromatic carbocycles. The lowest BCUT2D eigenvalue weighted by Gasteiger charge is -2.22. The highest BCUT2D eigenvalue weighted by Gasteiger charge is 2.14. The second kappa shape index (κ2) is 13.4. The smallest absolute Gasteiger partial charge is 0.305 e. The number of rotatable bonds is 13. The summed E-state index contributed by atoms with van der Waals surface area (Å²) < 4.78 is 16.3. The predicted octanol–water partition coefficient (Wildman–Crippen LogP) is 4.07. The van der Waals surface area contributed by atoms with E-state index in [0.717, 1.165) is 19.3 Å². The molecule has 0 aliphatic carbocycles. The zero-order valence-electron chi connectivity index (χ0n) is 13.7. The molecule has 2 atom stereocenters. The van der Waals surface area contributed by atoms with Gasteiger partial charge in [-0.1, -0.05) is 26.2 Å². The van der Waals surface area contributed by atoms with E-state index in [4.69, 9.17) is 14.2 Å². The van der Waals surface area contributed by atoms with Gasteiger partial charge in [0.15, 0.2) is 6.29 Å². The van der Waals surface area contributed by atoms with Gasteiger partial charge >= 0.3 is 5.97 Å². The Morgan fingerprint density at radius 1 is 1.00 bits per heavy atom. The molecule has 0 radical (unpaired) electrons. The maximum Gasteiger partial charge on any atom is 0.305 e. The van der Waals surface area contributed by atoms with Crippen LogP contribution < -0.4 is 0 Å². The average molecular weight is 288 g/mol. The van der Waals surface area contributed by atoms with Gasteiger partial charge in [-0.25, -0.2) is 0 Å². The fraction of sp³-hybridized carbons (Fsp3) is 0.938. The SMILES string of the molecule is CCCCCC(CCCC(=O)OCC)OC(C)OCC. The molecule has 4 nitrogen and oxygen atoms in total. The van der Waals surface area contributed by atoms with Crippen LogP contribution in [0.4, 0.5) is 0 Å². The Morgan fingerprint density at radius 2 is 1.70 bits per heavy atom. The highest BCUT2D eigenvalue weighted by atomic mass is 16.7. The zero-order chi connectivity index (χ0) is 15.2. The number of esters is 1. The molecule has 0 aromatic rings. The van der Waals surface area contributed by atoms with E-state index < -0.39 is 0 Å². The minimum Gasteiger partial charge on any atom is -0.466 e. The van der Waals surface area contributed by atoms with Crippen molar-refractivity contribution in [3.8, 4) is 0 Å². The molecule has 20 heavy (non-hydrogen) atoms. The van der Waals surface area contributed by atoms with Crippen LogP contribution in [0, 0.1) is 0 Å². The summed E-state index contributed by atoms with van der Waals surface area (Å²) in [6.07, 6.45) is 6.82. The fourth-order valence-corrected chi connectivity index (χ4v) is 2.15. The van der Waals surface area contributed by atoms with Gasteiger partial charge in [-0.15, -0.1) is 0 Å². The van der Waals surface area contributed by atoms with Gasteiger partial charge in [0.1, 0.15) is 0 Å². The summed E-state index contributed by atoms with van der Waals surface area (Å²) in [4.78, 5) is 11.3. The van der Waals surface area contributed by atoms with Crippen molar-refractivity contribution in [3.05, 3.63) is 0 Å². The van der Waals surface area contributed by atoms with E-state index in [1.54, 1.807) is 0 Å². The lowest BCUT2D eigenvalue weighted by atomic mass is 10.0. The summed E-state index contributed by atoms with van der Waals surface area (Å²) in [5, 5.41) is 0. The Kier molecular flexibility index (Phi) is 13.0. The van der Waals surface area contributed by atoms with Gasteiger partial charge in [-0.05, 0) is 40.0 Å². The van der Waals surface area contributed by atoms with Gasteiger partial charge < -0.3 is 14.2 Å². The maximum absolute atomic E-state index is 11.3. The maximum atomic E-state index is 11.3. The van der Waals surface area contributed by atoms with Crippen LogP contribution in [-0.2, 0) is 19.0 Å². The van der Waals surface area contributed by atoms with E-state index in [1.807, 2.05) is 20.8 Å². The second-order valence-electron chi connectivity index (χ2n) is 4.97. The van der Waals surface area contributed by atoms with E-state index in [1.165, 1.54) is 19.3 Å². The highest BCUT2D eigenvalue weighted by molar-refractivity contribution is 5.69. The van der Waals surface area contributed by atoms with Crippen LogP contribution >= 0.6 is 0 Å². The molecule has 0 heterocycles. The van der Waals surface area contributed by atoms with Crippen LogP contribution in [-0.4, -0.2) is 31.6 Å². The molecule has 0 aromatic heterocycles. The molecular formula is C16H32O4. The highest BCUT2D eigenvalue weighted by Crippen LogP contribution is 2.16. The van der Waals surface area contributed by atoms with Gasteiger partial charge in [0.05, 0.1) is 12.7 Å². The molecule has 120 valence electrons. The number of carbonyl (C=O) groups excluding carboxylic acids is 1. The molecule has 0 spiro atoms. The summed E-state index contributed by atoms with van der Waals surface area (Å²) in [5.74, 6) is -0.113. The molecule has 0 aliphatic rings. The van der Waals surface area contributed by atoms with Crippen molar-refractivity contribution in [3.63, 3.8) is 0 Å². The minimum absolute atomic E-state index is 0.113. The first kappa shape index (κ1) is 19.4. The first-order valence-corrected chi connectivity index (χ1v) is 8.06. The average Bonchev–Trinajstić information content (AvgIpc) is 2.39. The molecule has 0 saturated carbocycles. The first-order chi connectivity index (χ1) is 9.63. The van der Waals surface area contributed by atoms with Crippen molar-refractivity contribution < 1.29 is 19.0 Å². The van der Waals surface area contributed by atoms with E-state index in [9.17, 15) is 4.79 Å². The van der Waals surface area contributed by atoms with E-state index >= 15 is 0 Å². The summed E-state index contributed by atoms with van der Waals surface area (Å²) in [7, 11) is 0. The zero-order valence-corrected chi connectivity index (χ0v) is 13.7. The van der Waals surface area contributed by atoms with Crippen LogP contribution in [0.3, 0.4) is 0 Å². The van der Waals surface area contributed by atoms with Crippen LogP contribution in [0.15, 0.2) is 0 Å². The van der Waals surface area contributed by atoms with Crippen molar-refractivity contribution in [1.29, 1.82) is 0 Å². The number of carbonyl (C=O) groups is 1. The molecule has 0 bridgehead atoms. The standard InChI is InChI=1S/C16H32O4/c1-5-8-9-11-15(20-14(4)18-6-2)12-10-13-16(17)19-7-3/h14-15H,5-13H2,1-4H3. The van der Waals surface area contributed by atoms with Crippen LogP contribution in [0.2, 0.25) is 0 Å². The summed E-state index contributed by atoms with van der Waals surface area (Å²) in [6, 6.07) is 0. The quantitative estimate of drug-likeness (QED) is 0.291. The first-order valence-electron chi connectivity index (χ1n) is 8.06. The molecule has 4 heteroatoms. The summed E-state index contributed by atoms with van der Waals surface area (Å²) >= 11 is 0. The molecule has 2 unspecified atom stereocenters. The van der Waals surface area contributed by atoms with E-state index in [0.29, 0.717) is 19.6 Å². The fourth-order valence-electron chi connectivity index (χ4n) is 2.15. The third kappa shape index (κ3) is 11.2. The summed E-state index contributed by atoms with van der Waals surface area (Å²) in [5.41, 5.74) is 0. The summed E-state index contributed by atoms with van der Waals surface area (Å²) in [6.45, 7) is 9.04. The van der Waals surface area contributed by atoms with E-state index in [-0.39, 0.29) is 18.4 Å². The Bertz CT molecular complexity index is 231. The lowest BCUT2D eigenvalue weighted by molar-refractivity contribution is -0.161. The number of hydrogen-bond donors (Lipinski definition) is 0. The van der Waals surface area contributed by atoms with Gasteiger partial charge in [-0.3, -0.25) is 4.79 Å². The number of unbranched alkanes of at least 4 members (excludes halogenated alkanes) is 2. The molecule has 0 N–H and O–H groups in total. The topological polar surface area (TPSA) is 44.8 Å². The largest absolute Gasteiger partial charge is 0.466 e. The molecular weight excluding hydrogens is 256 g/mol. The molecule has 0 amide bonds. The molecule has 0 rings (SSSR count). The van der Waals surface area contributed by atoms with Crippen molar-refractivity contribution in [2.45, 2.75) is 85.0 Å².